The third kappa shape index (κ3) is 4.30. The molecule has 3 aromatic rings. The van der Waals surface area contributed by atoms with Gasteiger partial charge in [-0.25, -0.2) is 0 Å². The van der Waals surface area contributed by atoms with Crippen LogP contribution in [0.4, 0.5) is 0 Å². The largest absolute Gasteiger partial charge is 0.508 e. The van der Waals surface area contributed by atoms with Gasteiger partial charge in [0.1, 0.15) is 11.5 Å². The number of likely N-dealkylation sites (tertiary alicyclic amines) is 1. The molecule has 3 aromatic carbocycles. The van der Waals surface area contributed by atoms with E-state index in [0.717, 1.165) is 41.0 Å². The molecule has 1 fully saturated rings. The number of hydrogen-bond acceptors (Lipinski definition) is 3. The summed E-state index contributed by atoms with van der Waals surface area (Å²) in [7, 11) is 1.71. The Labute approximate surface area is 185 Å². The molecule has 1 N–H and O–H groups in total. The van der Waals surface area contributed by atoms with Crippen LogP contribution in [0.5, 0.6) is 11.5 Å². The van der Waals surface area contributed by atoms with Crippen molar-refractivity contribution in [3.05, 3.63) is 92.9 Å². The Morgan fingerprint density at radius 2 is 1.69 bits per heavy atom. The summed E-state index contributed by atoms with van der Waals surface area (Å²) >= 11 is 10.00. The number of ether oxygens (including phenoxy) is 1. The van der Waals surface area contributed by atoms with E-state index in [2.05, 4.69) is 45.1 Å². The molecule has 150 valence electrons. The highest BCUT2D eigenvalue weighted by molar-refractivity contribution is 9.10. The Bertz CT molecular complexity index is 1010. The maximum absolute atomic E-state index is 10.6. The smallest absolute Gasteiger partial charge is 0.123 e. The Hall–Kier alpha value is -2.01. The lowest BCUT2D eigenvalue weighted by molar-refractivity contribution is 0.313. The highest BCUT2D eigenvalue weighted by Gasteiger charge is 2.37. The van der Waals surface area contributed by atoms with Crippen molar-refractivity contribution >= 4 is 27.5 Å². The van der Waals surface area contributed by atoms with Gasteiger partial charge in [-0.3, -0.25) is 4.90 Å². The van der Waals surface area contributed by atoms with E-state index in [9.17, 15) is 5.11 Å². The van der Waals surface area contributed by atoms with Crippen molar-refractivity contribution in [2.45, 2.75) is 18.4 Å². The topological polar surface area (TPSA) is 32.7 Å². The molecule has 0 unspecified atom stereocenters. The van der Waals surface area contributed by atoms with Crippen LogP contribution in [0.1, 0.15) is 28.5 Å². The number of aromatic hydroxyl groups is 1. The molecule has 1 aliphatic rings. The summed E-state index contributed by atoms with van der Waals surface area (Å²) in [4.78, 5) is 2.42. The van der Waals surface area contributed by atoms with Gasteiger partial charge in [0, 0.05) is 52.1 Å². The summed E-state index contributed by atoms with van der Waals surface area (Å²) < 4.78 is 6.63. The van der Waals surface area contributed by atoms with Crippen molar-refractivity contribution in [2.75, 3.05) is 20.2 Å². The first kappa shape index (κ1) is 20.3. The molecule has 0 aliphatic carbocycles. The predicted octanol–water partition coefficient (Wildman–Crippen LogP) is 6.20. The number of para-hydroxylation sites is 1. The average Bonchev–Trinajstić information content (AvgIpc) is 3.14. The van der Waals surface area contributed by atoms with E-state index in [4.69, 9.17) is 16.3 Å². The van der Waals surface area contributed by atoms with Gasteiger partial charge < -0.3 is 9.84 Å². The van der Waals surface area contributed by atoms with E-state index in [1.807, 2.05) is 30.3 Å². The quantitative estimate of drug-likeness (QED) is 0.480. The molecule has 0 bridgehead atoms. The minimum atomic E-state index is 0.141. The van der Waals surface area contributed by atoms with Crippen LogP contribution in [-0.4, -0.2) is 30.2 Å². The lowest BCUT2D eigenvalue weighted by atomic mass is 9.84. The second kappa shape index (κ2) is 8.78. The maximum atomic E-state index is 10.6. The third-order valence-corrected chi connectivity index (χ3v) is 6.63. The SMILES string of the molecule is COc1ccccc1CN1C[C@@H](c2cc(Cl)ccc2O)[C@H](c2ccccc2Br)C1. The molecule has 0 saturated carbocycles. The standard InChI is InChI=1S/C24H23BrClNO2/c1-29-24-9-5-2-6-16(24)13-27-14-20(18-7-3-4-8-22(18)25)21(15-27)19-12-17(26)10-11-23(19)28/h2-12,20-21,28H,13-15H2,1H3/t20-,21-/m0/s1. The normalized spacial score (nSPS) is 19.4. The number of nitrogens with zero attached hydrogens (tertiary/aromatic N) is 1. The molecule has 1 aliphatic heterocycles. The van der Waals surface area contributed by atoms with Gasteiger partial charge in [-0.1, -0.05) is 63.9 Å². The van der Waals surface area contributed by atoms with E-state index in [0.29, 0.717) is 10.8 Å². The number of methoxy groups -OCH3 is 1. The lowest BCUT2D eigenvalue weighted by Gasteiger charge is -2.21. The highest BCUT2D eigenvalue weighted by Crippen LogP contribution is 2.45. The predicted molar refractivity (Wildman–Crippen MR) is 121 cm³/mol. The zero-order chi connectivity index (χ0) is 20.4. The van der Waals surface area contributed by atoms with E-state index in [1.54, 1.807) is 19.2 Å². The molecule has 3 nitrogen and oxygen atoms in total. The molecule has 0 spiro atoms. The van der Waals surface area contributed by atoms with Gasteiger partial charge in [0.15, 0.2) is 0 Å². The van der Waals surface area contributed by atoms with E-state index in [-0.39, 0.29) is 11.8 Å². The molecule has 0 radical (unpaired) electrons. The van der Waals surface area contributed by atoms with Crippen LogP contribution >= 0.6 is 27.5 Å². The van der Waals surface area contributed by atoms with E-state index in [1.165, 1.54) is 5.56 Å². The molecule has 0 aromatic heterocycles. The second-order valence-electron chi connectivity index (χ2n) is 7.44. The van der Waals surface area contributed by atoms with Gasteiger partial charge in [-0.15, -0.1) is 0 Å². The van der Waals surface area contributed by atoms with Crippen molar-refractivity contribution < 1.29 is 9.84 Å². The fraction of sp³-hybridized carbons (Fsp3) is 0.250. The molecule has 5 heteroatoms. The first-order chi connectivity index (χ1) is 14.1. The summed E-state index contributed by atoms with van der Waals surface area (Å²) in [6.45, 7) is 2.51. The first-order valence-electron chi connectivity index (χ1n) is 9.64. The van der Waals surface area contributed by atoms with Gasteiger partial charge >= 0.3 is 0 Å². The summed E-state index contributed by atoms with van der Waals surface area (Å²) in [6.07, 6.45) is 0. The van der Waals surface area contributed by atoms with Crippen LogP contribution in [0.3, 0.4) is 0 Å². The van der Waals surface area contributed by atoms with Gasteiger partial charge in [-0.05, 0) is 35.9 Å². The third-order valence-electron chi connectivity index (χ3n) is 5.68. The Morgan fingerprint density at radius 3 is 2.45 bits per heavy atom. The highest BCUT2D eigenvalue weighted by atomic mass is 79.9. The zero-order valence-electron chi connectivity index (χ0n) is 16.2. The number of hydrogen-bond donors (Lipinski definition) is 1. The molecule has 1 saturated heterocycles. The summed E-state index contributed by atoms with van der Waals surface area (Å²) in [5.74, 6) is 1.58. The maximum Gasteiger partial charge on any atom is 0.123 e. The minimum Gasteiger partial charge on any atom is -0.508 e. The van der Waals surface area contributed by atoms with Gasteiger partial charge in [0.05, 0.1) is 7.11 Å². The minimum absolute atomic E-state index is 0.141. The second-order valence-corrected chi connectivity index (χ2v) is 8.73. The molecule has 1 heterocycles. The van der Waals surface area contributed by atoms with Crippen LogP contribution in [0.15, 0.2) is 71.2 Å². The van der Waals surface area contributed by atoms with Crippen LogP contribution in [-0.2, 0) is 6.54 Å². The van der Waals surface area contributed by atoms with E-state index < -0.39 is 0 Å². The Balaban J connectivity index is 1.69. The van der Waals surface area contributed by atoms with Crippen molar-refractivity contribution in [2.24, 2.45) is 0 Å². The van der Waals surface area contributed by atoms with Crippen molar-refractivity contribution in [1.82, 2.24) is 4.90 Å². The van der Waals surface area contributed by atoms with Gasteiger partial charge in [0.2, 0.25) is 0 Å². The fourth-order valence-electron chi connectivity index (χ4n) is 4.32. The average molecular weight is 473 g/mol. The monoisotopic (exact) mass is 471 g/mol. The number of phenolic OH excluding ortho intramolecular Hbond substituents is 1. The zero-order valence-corrected chi connectivity index (χ0v) is 18.5. The molecule has 29 heavy (non-hydrogen) atoms. The van der Waals surface area contributed by atoms with Gasteiger partial charge in [0.25, 0.3) is 0 Å². The Kier molecular flexibility index (Phi) is 6.14. The number of phenols is 1. The van der Waals surface area contributed by atoms with Crippen molar-refractivity contribution in [3.8, 4) is 11.5 Å². The van der Waals surface area contributed by atoms with Crippen LogP contribution in [0.2, 0.25) is 5.02 Å². The first-order valence-corrected chi connectivity index (χ1v) is 10.8. The van der Waals surface area contributed by atoms with Crippen LogP contribution < -0.4 is 4.74 Å². The van der Waals surface area contributed by atoms with Crippen LogP contribution in [0, 0.1) is 0 Å². The van der Waals surface area contributed by atoms with Gasteiger partial charge in [-0.2, -0.15) is 0 Å². The summed E-state index contributed by atoms with van der Waals surface area (Å²) in [5.41, 5.74) is 3.32. The molecular formula is C24H23BrClNO2. The molecule has 0 amide bonds. The number of rotatable bonds is 5. The number of benzene rings is 3. The van der Waals surface area contributed by atoms with Crippen molar-refractivity contribution in [1.29, 1.82) is 0 Å². The molecular weight excluding hydrogens is 450 g/mol. The molecule has 4 rings (SSSR count). The van der Waals surface area contributed by atoms with Crippen molar-refractivity contribution in [3.63, 3.8) is 0 Å². The number of halogens is 2. The Morgan fingerprint density at radius 1 is 1.00 bits per heavy atom. The lowest BCUT2D eigenvalue weighted by Crippen LogP contribution is -2.20. The fourth-order valence-corrected chi connectivity index (χ4v) is 5.08. The van der Waals surface area contributed by atoms with E-state index >= 15 is 0 Å². The summed E-state index contributed by atoms with van der Waals surface area (Å²) in [5, 5.41) is 11.2. The molecule has 2 atom stereocenters. The summed E-state index contributed by atoms with van der Waals surface area (Å²) in [6, 6.07) is 21.8. The van der Waals surface area contributed by atoms with Crippen LogP contribution in [0.25, 0.3) is 0 Å².